The third-order valence-corrected chi connectivity index (χ3v) is 4.38. The Labute approximate surface area is 149 Å². The van der Waals surface area contributed by atoms with Gasteiger partial charge in [-0.3, -0.25) is 4.98 Å². The van der Waals surface area contributed by atoms with E-state index in [0.717, 1.165) is 37.0 Å². The number of amides is 1. The van der Waals surface area contributed by atoms with Gasteiger partial charge in [-0.25, -0.2) is 4.79 Å². The van der Waals surface area contributed by atoms with Crippen molar-refractivity contribution in [1.29, 1.82) is 0 Å². The molecule has 2 aromatic rings. The molecule has 0 bridgehead atoms. The predicted octanol–water partition coefficient (Wildman–Crippen LogP) is 3.72. The minimum Gasteiger partial charge on any atom is -0.444 e. The lowest BCUT2D eigenvalue weighted by molar-refractivity contribution is 0.0226. The van der Waals surface area contributed by atoms with Crippen molar-refractivity contribution in [3.63, 3.8) is 0 Å². The fourth-order valence-electron chi connectivity index (χ4n) is 3.20. The average Bonchev–Trinajstić information content (AvgIpc) is 3.02. The molecule has 0 radical (unpaired) electrons. The summed E-state index contributed by atoms with van der Waals surface area (Å²) in [5.74, 6) is 0. The van der Waals surface area contributed by atoms with E-state index in [1.807, 2.05) is 44.0 Å². The molecule has 1 saturated heterocycles. The van der Waals surface area contributed by atoms with Crippen molar-refractivity contribution >= 4 is 16.9 Å². The van der Waals surface area contributed by atoms with Gasteiger partial charge in [0.1, 0.15) is 5.60 Å². The number of likely N-dealkylation sites (tertiary alicyclic amines) is 1. The Morgan fingerprint density at radius 2 is 2.08 bits per heavy atom. The minimum atomic E-state index is -0.452. The molecule has 1 fully saturated rings. The van der Waals surface area contributed by atoms with Gasteiger partial charge in [-0.2, -0.15) is 0 Å². The second-order valence-electron chi connectivity index (χ2n) is 7.62. The summed E-state index contributed by atoms with van der Waals surface area (Å²) in [7, 11) is 0. The summed E-state index contributed by atoms with van der Waals surface area (Å²) in [6.07, 6.45) is 3.74. The SMILES string of the molecule is CC(C)(C)OC(=O)N1CCC[C@@H]1CNCc1cc2ccccc2cn1. The van der Waals surface area contributed by atoms with Crippen LogP contribution in [0.25, 0.3) is 10.8 Å². The zero-order chi connectivity index (χ0) is 17.9. The maximum atomic E-state index is 12.3. The largest absolute Gasteiger partial charge is 0.444 e. The van der Waals surface area contributed by atoms with Crippen LogP contribution in [-0.2, 0) is 11.3 Å². The Bertz CT molecular complexity index is 739. The molecule has 1 aromatic heterocycles. The van der Waals surface area contributed by atoms with Gasteiger partial charge in [-0.1, -0.05) is 24.3 Å². The maximum Gasteiger partial charge on any atom is 0.410 e. The van der Waals surface area contributed by atoms with Gasteiger partial charge in [-0.15, -0.1) is 0 Å². The Morgan fingerprint density at radius 3 is 2.84 bits per heavy atom. The van der Waals surface area contributed by atoms with Crippen LogP contribution in [0.15, 0.2) is 36.5 Å². The van der Waals surface area contributed by atoms with Crippen LogP contribution in [0.4, 0.5) is 4.79 Å². The van der Waals surface area contributed by atoms with Gasteiger partial charge >= 0.3 is 6.09 Å². The highest BCUT2D eigenvalue weighted by molar-refractivity contribution is 5.81. The molecule has 1 atom stereocenters. The summed E-state index contributed by atoms with van der Waals surface area (Å²) >= 11 is 0. The molecule has 134 valence electrons. The van der Waals surface area contributed by atoms with Crippen molar-refractivity contribution in [2.24, 2.45) is 0 Å². The predicted molar refractivity (Wildman–Crippen MR) is 99.4 cm³/mol. The van der Waals surface area contributed by atoms with Crippen LogP contribution in [0.3, 0.4) is 0 Å². The zero-order valence-electron chi connectivity index (χ0n) is 15.3. The van der Waals surface area contributed by atoms with Crippen LogP contribution >= 0.6 is 0 Å². The van der Waals surface area contributed by atoms with Gasteiger partial charge < -0.3 is 15.0 Å². The summed E-state index contributed by atoms with van der Waals surface area (Å²) in [4.78, 5) is 18.7. The number of hydrogen-bond acceptors (Lipinski definition) is 4. The lowest BCUT2D eigenvalue weighted by Gasteiger charge is -2.28. The number of fused-ring (bicyclic) bond motifs is 1. The quantitative estimate of drug-likeness (QED) is 0.921. The van der Waals surface area contributed by atoms with Gasteiger partial charge in [-0.05, 0) is 45.1 Å². The number of benzene rings is 1. The van der Waals surface area contributed by atoms with E-state index in [1.165, 1.54) is 5.39 Å². The monoisotopic (exact) mass is 341 g/mol. The molecule has 1 aromatic carbocycles. The third kappa shape index (κ3) is 4.69. The molecule has 0 saturated carbocycles. The first-order valence-corrected chi connectivity index (χ1v) is 8.96. The van der Waals surface area contributed by atoms with E-state index in [9.17, 15) is 4.79 Å². The number of carbonyl (C=O) groups excluding carboxylic acids is 1. The van der Waals surface area contributed by atoms with Crippen molar-refractivity contribution in [2.45, 2.75) is 51.8 Å². The number of ether oxygens (including phenoxy) is 1. The molecule has 1 N–H and O–H groups in total. The number of nitrogens with zero attached hydrogens (tertiary/aromatic N) is 2. The van der Waals surface area contributed by atoms with Crippen LogP contribution in [0.5, 0.6) is 0 Å². The average molecular weight is 341 g/mol. The molecular weight excluding hydrogens is 314 g/mol. The fourth-order valence-corrected chi connectivity index (χ4v) is 3.20. The molecule has 1 aliphatic rings. The topological polar surface area (TPSA) is 54.5 Å². The van der Waals surface area contributed by atoms with E-state index in [2.05, 4.69) is 28.5 Å². The number of carbonyl (C=O) groups is 1. The van der Waals surface area contributed by atoms with E-state index in [1.54, 1.807) is 0 Å². The van der Waals surface area contributed by atoms with Gasteiger partial charge in [0.05, 0.1) is 5.69 Å². The standard InChI is InChI=1S/C20H27N3O2/c1-20(2,3)25-19(24)23-10-6-9-18(23)14-21-13-17-11-15-7-4-5-8-16(15)12-22-17/h4-5,7-8,11-12,18,21H,6,9-10,13-14H2,1-3H3/t18-/m1/s1. The highest BCUT2D eigenvalue weighted by Crippen LogP contribution is 2.20. The van der Waals surface area contributed by atoms with E-state index < -0.39 is 5.60 Å². The maximum absolute atomic E-state index is 12.3. The lowest BCUT2D eigenvalue weighted by atomic mass is 10.1. The normalized spacial score (nSPS) is 17.9. The third-order valence-electron chi connectivity index (χ3n) is 4.38. The molecule has 1 amide bonds. The van der Waals surface area contributed by atoms with E-state index >= 15 is 0 Å². The number of rotatable bonds is 4. The first kappa shape index (κ1) is 17.7. The first-order valence-electron chi connectivity index (χ1n) is 8.96. The molecule has 5 heteroatoms. The Hall–Kier alpha value is -2.14. The van der Waals surface area contributed by atoms with Gasteiger partial charge in [0, 0.05) is 37.3 Å². The molecule has 3 rings (SSSR count). The van der Waals surface area contributed by atoms with Gasteiger partial charge in [0.25, 0.3) is 0 Å². The van der Waals surface area contributed by atoms with Crippen LogP contribution in [-0.4, -0.2) is 40.7 Å². The summed E-state index contributed by atoms with van der Waals surface area (Å²) < 4.78 is 5.51. The Morgan fingerprint density at radius 1 is 1.32 bits per heavy atom. The second kappa shape index (κ2) is 7.40. The highest BCUT2D eigenvalue weighted by atomic mass is 16.6. The molecule has 0 aliphatic carbocycles. The van der Waals surface area contributed by atoms with Crippen LogP contribution in [0, 0.1) is 0 Å². The summed E-state index contributed by atoms with van der Waals surface area (Å²) in [6, 6.07) is 10.5. The minimum absolute atomic E-state index is 0.190. The highest BCUT2D eigenvalue weighted by Gasteiger charge is 2.31. The van der Waals surface area contributed by atoms with Crippen molar-refractivity contribution in [1.82, 2.24) is 15.2 Å². The van der Waals surface area contributed by atoms with E-state index in [-0.39, 0.29) is 12.1 Å². The molecule has 2 heterocycles. The summed E-state index contributed by atoms with van der Waals surface area (Å²) in [6.45, 7) is 7.94. The van der Waals surface area contributed by atoms with Crippen molar-refractivity contribution in [3.8, 4) is 0 Å². The molecule has 1 aliphatic heterocycles. The smallest absolute Gasteiger partial charge is 0.410 e. The molecular formula is C20H27N3O2. The second-order valence-corrected chi connectivity index (χ2v) is 7.62. The van der Waals surface area contributed by atoms with Crippen molar-refractivity contribution in [3.05, 3.63) is 42.2 Å². The molecule has 0 spiro atoms. The van der Waals surface area contributed by atoms with Crippen molar-refractivity contribution < 1.29 is 9.53 Å². The zero-order valence-corrected chi connectivity index (χ0v) is 15.3. The molecule has 0 unspecified atom stereocenters. The first-order chi connectivity index (χ1) is 11.9. The van der Waals surface area contributed by atoms with Crippen LogP contribution < -0.4 is 5.32 Å². The summed E-state index contributed by atoms with van der Waals surface area (Å²) in [5, 5.41) is 5.79. The Kier molecular flexibility index (Phi) is 5.23. The number of pyridine rings is 1. The van der Waals surface area contributed by atoms with E-state index in [0.29, 0.717) is 6.54 Å². The van der Waals surface area contributed by atoms with E-state index in [4.69, 9.17) is 4.74 Å². The van der Waals surface area contributed by atoms with Crippen molar-refractivity contribution in [2.75, 3.05) is 13.1 Å². The van der Waals surface area contributed by atoms with Crippen LogP contribution in [0.2, 0.25) is 0 Å². The Balaban J connectivity index is 1.54. The number of nitrogens with one attached hydrogen (secondary N) is 1. The van der Waals surface area contributed by atoms with Gasteiger partial charge in [0.2, 0.25) is 0 Å². The fraction of sp³-hybridized carbons (Fsp3) is 0.500. The summed E-state index contributed by atoms with van der Waals surface area (Å²) in [5.41, 5.74) is 0.563. The molecule has 5 nitrogen and oxygen atoms in total. The molecule has 25 heavy (non-hydrogen) atoms. The van der Waals surface area contributed by atoms with Gasteiger partial charge in [0.15, 0.2) is 0 Å². The lowest BCUT2D eigenvalue weighted by Crippen LogP contribution is -2.44. The number of hydrogen-bond donors (Lipinski definition) is 1. The number of aromatic nitrogens is 1. The van der Waals surface area contributed by atoms with Crippen LogP contribution in [0.1, 0.15) is 39.3 Å².